The lowest BCUT2D eigenvalue weighted by molar-refractivity contribution is -0.132. The van der Waals surface area contributed by atoms with E-state index in [0.29, 0.717) is 11.3 Å². The number of sulfone groups is 1. The molecule has 0 aromatic heterocycles. The second kappa shape index (κ2) is 9.87. The van der Waals surface area contributed by atoms with Crippen LogP contribution < -0.4 is 15.5 Å². The summed E-state index contributed by atoms with van der Waals surface area (Å²) in [5.41, 5.74) is 2.27. The largest absolute Gasteiger partial charge is 0.497 e. The van der Waals surface area contributed by atoms with Crippen molar-refractivity contribution in [2.75, 3.05) is 13.7 Å². The molecule has 0 radical (unpaired) electrons. The van der Waals surface area contributed by atoms with E-state index in [-0.39, 0.29) is 30.3 Å². The predicted molar refractivity (Wildman–Crippen MR) is 111 cm³/mol. The summed E-state index contributed by atoms with van der Waals surface area (Å²) in [6, 6.07) is 14.9. The van der Waals surface area contributed by atoms with Crippen molar-refractivity contribution in [3.8, 4) is 5.75 Å². The van der Waals surface area contributed by atoms with Crippen LogP contribution in [-0.4, -0.2) is 44.0 Å². The van der Waals surface area contributed by atoms with Gasteiger partial charge in [-0.15, -0.1) is 0 Å². The minimum Gasteiger partial charge on any atom is -0.497 e. The van der Waals surface area contributed by atoms with Gasteiger partial charge >= 0.3 is 0 Å². The average molecular weight is 421 g/mol. The molecule has 1 atom stereocenters. The summed E-state index contributed by atoms with van der Waals surface area (Å²) in [6.07, 6.45) is -0.0881. The SMILES string of the molecule is COc1ccc(S(=O)(=O)C(CCNC(C)C)(Cc2ccccc2)C(=O)NO)cc1. The summed E-state index contributed by atoms with van der Waals surface area (Å²) in [4.78, 5) is 12.9. The third kappa shape index (κ3) is 5.14. The highest BCUT2D eigenvalue weighted by Gasteiger charge is 2.51. The van der Waals surface area contributed by atoms with Gasteiger partial charge in [0.05, 0.1) is 12.0 Å². The zero-order valence-corrected chi connectivity index (χ0v) is 17.7. The van der Waals surface area contributed by atoms with E-state index in [1.54, 1.807) is 29.7 Å². The zero-order chi connectivity index (χ0) is 21.5. The third-order valence-corrected chi connectivity index (χ3v) is 7.27. The Bertz CT molecular complexity index is 898. The molecule has 0 saturated carbocycles. The van der Waals surface area contributed by atoms with Gasteiger partial charge in [-0.05, 0) is 42.8 Å². The maximum absolute atomic E-state index is 13.7. The van der Waals surface area contributed by atoms with Gasteiger partial charge in [0.15, 0.2) is 14.6 Å². The van der Waals surface area contributed by atoms with Crippen molar-refractivity contribution in [1.82, 2.24) is 10.8 Å². The van der Waals surface area contributed by atoms with Crippen LogP contribution in [0.2, 0.25) is 0 Å². The van der Waals surface area contributed by atoms with Crippen molar-refractivity contribution in [2.45, 2.75) is 42.4 Å². The van der Waals surface area contributed by atoms with Gasteiger partial charge in [0, 0.05) is 12.5 Å². The van der Waals surface area contributed by atoms with Gasteiger partial charge in [0.1, 0.15) is 5.75 Å². The molecule has 2 aromatic rings. The van der Waals surface area contributed by atoms with E-state index in [0.717, 1.165) is 0 Å². The van der Waals surface area contributed by atoms with Crippen LogP contribution in [0.3, 0.4) is 0 Å². The van der Waals surface area contributed by atoms with E-state index in [1.165, 1.54) is 31.4 Å². The summed E-state index contributed by atoms with van der Waals surface area (Å²) in [5.74, 6) is -0.451. The number of hydrogen-bond acceptors (Lipinski definition) is 6. The Hall–Kier alpha value is -2.42. The predicted octanol–water partition coefficient (Wildman–Crippen LogP) is 2.34. The summed E-state index contributed by atoms with van der Waals surface area (Å²) < 4.78 is 30.6. The fraction of sp³-hybridized carbons (Fsp3) is 0.381. The van der Waals surface area contributed by atoms with E-state index < -0.39 is 20.5 Å². The van der Waals surface area contributed by atoms with Gasteiger partial charge in [-0.1, -0.05) is 44.2 Å². The number of methoxy groups -OCH3 is 1. The Kier molecular flexibility index (Phi) is 7.78. The number of amides is 1. The molecule has 0 aliphatic carbocycles. The summed E-state index contributed by atoms with van der Waals surface area (Å²) >= 11 is 0. The molecule has 1 unspecified atom stereocenters. The molecule has 2 aromatic carbocycles. The maximum atomic E-state index is 13.7. The van der Waals surface area contributed by atoms with Crippen LogP contribution in [0.4, 0.5) is 0 Å². The molecule has 0 fully saturated rings. The molecule has 0 bridgehead atoms. The lowest BCUT2D eigenvalue weighted by Gasteiger charge is -2.32. The molecule has 0 aliphatic rings. The third-order valence-electron chi connectivity index (χ3n) is 4.81. The lowest BCUT2D eigenvalue weighted by atomic mass is 9.94. The first-order valence-corrected chi connectivity index (χ1v) is 10.9. The van der Waals surface area contributed by atoms with Crippen molar-refractivity contribution in [1.29, 1.82) is 0 Å². The number of rotatable bonds is 10. The molecule has 8 heteroatoms. The summed E-state index contributed by atoms with van der Waals surface area (Å²) in [7, 11) is -2.68. The maximum Gasteiger partial charge on any atom is 0.265 e. The van der Waals surface area contributed by atoms with Crippen LogP contribution in [0.15, 0.2) is 59.5 Å². The first kappa shape index (κ1) is 22.9. The van der Waals surface area contributed by atoms with E-state index >= 15 is 0 Å². The van der Waals surface area contributed by atoms with Crippen LogP contribution in [0.25, 0.3) is 0 Å². The van der Waals surface area contributed by atoms with Crippen molar-refractivity contribution in [2.24, 2.45) is 0 Å². The highest BCUT2D eigenvalue weighted by molar-refractivity contribution is 7.93. The lowest BCUT2D eigenvalue weighted by Crippen LogP contribution is -2.55. The Labute approximate surface area is 172 Å². The first-order chi connectivity index (χ1) is 13.8. The van der Waals surface area contributed by atoms with E-state index in [9.17, 15) is 18.4 Å². The standard InChI is InChI=1S/C21H28N2O5S/c1-16(2)22-14-13-21(20(24)23-25,15-17-7-5-4-6-8-17)29(26,27)19-11-9-18(28-3)10-12-19/h4-12,16,22,25H,13-15H2,1-3H3,(H,23,24). The average Bonchev–Trinajstić information content (AvgIpc) is 2.72. The van der Waals surface area contributed by atoms with Gasteiger partial charge in [0.25, 0.3) is 5.91 Å². The van der Waals surface area contributed by atoms with Crippen LogP contribution in [0.5, 0.6) is 5.75 Å². The quantitative estimate of drug-likeness (QED) is 0.403. The molecule has 2 rings (SSSR count). The molecule has 1 amide bonds. The highest BCUT2D eigenvalue weighted by atomic mass is 32.2. The van der Waals surface area contributed by atoms with Crippen LogP contribution >= 0.6 is 0 Å². The van der Waals surface area contributed by atoms with Gasteiger partial charge in [-0.25, -0.2) is 13.9 Å². The highest BCUT2D eigenvalue weighted by Crippen LogP contribution is 2.34. The minimum absolute atomic E-state index is 0.0117. The minimum atomic E-state index is -4.16. The Morgan fingerprint density at radius 3 is 2.24 bits per heavy atom. The smallest absolute Gasteiger partial charge is 0.265 e. The number of ether oxygens (including phenoxy) is 1. The molecule has 0 saturated heterocycles. The molecule has 158 valence electrons. The van der Waals surface area contributed by atoms with Crippen LogP contribution in [0, 0.1) is 0 Å². The fourth-order valence-corrected chi connectivity index (χ4v) is 5.17. The molecule has 0 spiro atoms. The molecule has 0 heterocycles. The summed E-state index contributed by atoms with van der Waals surface area (Å²) in [5, 5.41) is 12.6. The van der Waals surface area contributed by atoms with E-state index in [2.05, 4.69) is 5.32 Å². The van der Waals surface area contributed by atoms with Gasteiger partial charge in [-0.3, -0.25) is 10.0 Å². The zero-order valence-electron chi connectivity index (χ0n) is 16.9. The van der Waals surface area contributed by atoms with Crippen molar-refractivity contribution in [3.05, 3.63) is 60.2 Å². The first-order valence-electron chi connectivity index (χ1n) is 9.37. The van der Waals surface area contributed by atoms with Gasteiger partial charge < -0.3 is 10.1 Å². The number of nitrogens with one attached hydrogen (secondary N) is 2. The molecule has 3 N–H and O–H groups in total. The fourth-order valence-electron chi connectivity index (χ4n) is 3.20. The monoisotopic (exact) mass is 420 g/mol. The summed E-state index contributed by atoms with van der Waals surface area (Å²) in [6.45, 7) is 4.15. The normalized spacial score (nSPS) is 13.7. The molecule has 29 heavy (non-hydrogen) atoms. The van der Waals surface area contributed by atoms with E-state index in [4.69, 9.17) is 4.74 Å². The number of carbonyl (C=O) groups excluding carboxylic acids is 1. The van der Waals surface area contributed by atoms with Crippen LogP contribution in [-0.2, 0) is 21.1 Å². The topological polar surface area (TPSA) is 105 Å². The van der Waals surface area contributed by atoms with Crippen molar-refractivity contribution in [3.63, 3.8) is 0 Å². The molecule has 0 aliphatic heterocycles. The Balaban J connectivity index is 2.58. The molecular formula is C21H28N2O5S. The Morgan fingerprint density at radius 1 is 1.10 bits per heavy atom. The van der Waals surface area contributed by atoms with E-state index in [1.807, 2.05) is 19.9 Å². The second-order valence-electron chi connectivity index (χ2n) is 7.14. The molecular weight excluding hydrogens is 392 g/mol. The number of benzene rings is 2. The number of hydroxylamine groups is 1. The Morgan fingerprint density at radius 2 is 1.72 bits per heavy atom. The van der Waals surface area contributed by atoms with Crippen molar-refractivity contribution >= 4 is 15.7 Å². The second-order valence-corrected chi connectivity index (χ2v) is 9.40. The van der Waals surface area contributed by atoms with Crippen molar-refractivity contribution < 1.29 is 23.2 Å². The van der Waals surface area contributed by atoms with Gasteiger partial charge in [-0.2, -0.15) is 0 Å². The number of carbonyl (C=O) groups is 1. The van der Waals surface area contributed by atoms with Gasteiger partial charge in [0.2, 0.25) is 0 Å². The molecule has 7 nitrogen and oxygen atoms in total. The number of hydrogen-bond donors (Lipinski definition) is 3. The van der Waals surface area contributed by atoms with Crippen LogP contribution in [0.1, 0.15) is 25.8 Å².